The molecule has 6 nitrogen and oxygen atoms in total. The van der Waals surface area contributed by atoms with Crippen LogP contribution in [0.25, 0.3) is 0 Å². The van der Waals surface area contributed by atoms with Gasteiger partial charge in [0.15, 0.2) is 0 Å². The van der Waals surface area contributed by atoms with E-state index in [9.17, 15) is 4.79 Å². The van der Waals surface area contributed by atoms with E-state index in [-0.39, 0.29) is 5.91 Å². The fourth-order valence-corrected chi connectivity index (χ4v) is 2.42. The number of aromatic nitrogens is 4. The number of hydrogen-bond donors (Lipinski definition) is 0. The van der Waals surface area contributed by atoms with E-state index >= 15 is 0 Å². The van der Waals surface area contributed by atoms with Crippen LogP contribution in [0.5, 0.6) is 0 Å². The first-order chi connectivity index (χ1) is 9.29. The Morgan fingerprint density at radius 3 is 3.16 bits per heavy atom. The molecule has 0 fully saturated rings. The molecule has 2 aromatic rings. The number of imidazole rings is 1. The van der Waals surface area contributed by atoms with Gasteiger partial charge in [0.1, 0.15) is 5.69 Å². The van der Waals surface area contributed by atoms with Crippen LogP contribution in [0, 0.1) is 0 Å². The van der Waals surface area contributed by atoms with Crippen molar-refractivity contribution in [2.45, 2.75) is 33.0 Å². The van der Waals surface area contributed by atoms with E-state index in [1.54, 1.807) is 16.9 Å². The van der Waals surface area contributed by atoms with Crippen LogP contribution in [0.2, 0.25) is 0 Å². The van der Waals surface area contributed by atoms with Crippen LogP contribution in [0.4, 0.5) is 0 Å². The van der Waals surface area contributed by atoms with Crippen molar-refractivity contribution in [3.05, 3.63) is 36.2 Å². The lowest BCUT2D eigenvalue weighted by molar-refractivity contribution is 0.0698. The number of fused-ring (bicyclic) bond motifs is 1. The maximum Gasteiger partial charge on any atom is 0.272 e. The molecule has 0 spiro atoms. The van der Waals surface area contributed by atoms with Gasteiger partial charge in [-0.2, -0.15) is 5.10 Å². The Morgan fingerprint density at radius 1 is 1.42 bits per heavy atom. The molecule has 19 heavy (non-hydrogen) atoms. The highest BCUT2D eigenvalue weighted by Crippen LogP contribution is 2.14. The molecule has 0 atom stereocenters. The summed E-state index contributed by atoms with van der Waals surface area (Å²) in [4.78, 5) is 18.5. The third-order valence-electron chi connectivity index (χ3n) is 3.42. The van der Waals surface area contributed by atoms with Crippen molar-refractivity contribution in [3.63, 3.8) is 0 Å². The van der Waals surface area contributed by atoms with E-state index in [0.29, 0.717) is 12.2 Å². The summed E-state index contributed by atoms with van der Waals surface area (Å²) in [5, 5.41) is 4.21. The van der Waals surface area contributed by atoms with E-state index in [1.807, 2.05) is 17.4 Å². The maximum absolute atomic E-state index is 12.5. The molecule has 1 aliphatic rings. The molecule has 3 rings (SSSR count). The largest absolute Gasteiger partial charge is 0.331 e. The molecule has 0 radical (unpaired) electrons. The summed E-state index contributed by atoms with van der Waals surface area (Å²) in [6.45, 7) is 5.01. The summed E-state index contributed by atoms with van der Waals surface area (Å²) >= 11 is 0. The minimum atomic E-state index is 0.0541. The van der Waals surface area contributed by atoms with Crippen molar-refractivity contribution in [1.29, 1.82) is 0 Å². The minimum Gasteiger partial charge on any atom is -0.331 e. The highest BCUT2D eigenvalue weighted by Gasteiger charge is 2.23. The van der Waals surface area contributed by atoms with Gasteiger partial charge in [-0.3, -0.25) is 9.48 Å². The van der Waals surface area contributed by atoms with Crippen LogP contribution < -0.4 is 0 Å². The molecule has 0 saturated carbocycles. The van der Waals surface area contributed by atoms with Crippen molar-refractivity contribution >= 4 is 5.91 Å². The average Bonchev–Trinajstić information content (AvgIpc) is 3.05. The first-order valence-corrected chi connectivity index (χ1v) is 6.59. The van der Waals surface area contributed by atoms with Crippen molar-refractivity contribution in [2.24, 2.45) is 0 Å². The van der Waals surface area contributed by atoms with Crippen molar-refractivity contribution in [2.75, 3.05) is 6.54 Å². The molecule has 0 aliphatic carbocycles. The summed E-state index contributed by atoms with van der Waals surface area (Å²) < 4.78 is 3.88. The Balaban J connectivity index is 1.79. The molecular formula is C13H17N5O. The molecule has 1 aliphatic heterocycles. The second-order valence-electron chi connectivity index (χ2n) is 4.74. The van der Waals surface area contributed by atoms with E-state index < -0.39 is 0 Å². The van der Waals surface area contributed by atoms with Crippen LogP contribution in [0.15, 0.2) is 24.8 Å². The number of rotatable bonds is 3. The molecule has 3 heterocycles. The summed E-state index contributed by atoms with van der Waals surface area (Å²) in [6.07, 6.45) is 6.30. The molecule has 0 aromatic carbocycles. The first-order valence-electron chi connectivity index (χ1n) is 6.59. The molecule has 100 valence electrons. The minimum absolute atomic E-state index is 0.0541. The van der Waals surface area contributed by atoms with Gasteiger partial charge in [-0.05, 0) is 12.5 Å². The number of hydrogen-bond acceptors (Lipinski definition) is 3. The van der Waals surface area contributed by atoms with Gasteiger partial charge >= 0.3 is 0 Å². The highest BCUT2D eigenvalue weighted by molar-refractivity contribution is 5.92. The number of carbonyl (C=O) groups is 1. The van der Waals surface area contributed by atoms with Crippen LogP contribution in [-0.4, -0.2) is 36.7 Å². The van der Waals surface area contributed by atoms with Gasteiger partial charge in [0.25, 0.3) is 5.91 Å². The van der Waals surface area contributed by atoms with Gasteiger partial charge < -0.3 is 9.47 Å². The average molecular weight is 259 g/mol. The van der Waals surface area contributed by atoms with Crippen LogP contribution in [-0.2, 0) is 19.6 Å². The maximum atomic E-state index is 12.5. The molecule has 0 bridgehead atoms. The predicted octanol–water partition coefficient (Wildman–Crippen LogP) is 1.15. The van der Waals surface area contributed by atoms with Gasteiger partial charge in [-0.15, -0.1) is 0 Å². The fraction of sp³-hybridized carbons (Fsp3) is 0.462. The van der Waals surface area contributed by atoms with Gasteiger partial charge in [0.05, 0.1) is 18.6 Å². The van der Waals surface area contributed by atoms with Crippen LogP contribution in [0.1, 0.15) is 29.5 Å². The van der Waals surface area contributed by atoms with Crippen molar-refractivity contribution < 1.29 is 4.79 Å². The highest BCUT2D eigenvalue weighted by atomic mass is 16.2. The third-order valence-corrected chi connectivity index (χ3v) is 3.42. The Bertz CT molecular complexity index is 585. The van der Waals surface area contributed by atoms with E-state index in [4.69, 9.17) is 0 Å². The van der Waals surface area contributed by atoms with E-state index in [0.717, 1.165) is 31.7 Å². The third kappa shape index (κ3) is 2.14. The lowest BCUT2D eigenvalue weighted by Gasteiger charge is -2.28. The Hall–Kier alpha value is -2.11. The van der Waals surface area contributed by atoms with Gasteiger partial charge in [-0.25, -0.2) is 4.98 Å². The Kier molecular flexibility index (Phi) is 3.06. The molecule has 6 heteroatoms. The zero-order valence-electron chi connectivity index (χ0n) is 11.0. The van der Waals surface area contributed by atoms with Crippen molar-refractivity contribution in [1.82, 2.24) is 24.2 Å². The van der Waals surface area contributed by atoms with Gasteiger partial charge in [-0.1, -0.05) is 6.92 Å². The number of carbonyl (C=O) groups excluding carboxylic acids is 1. The predicted molar refractivity (Wildman–Crippen MR) is 69.5 cm³/mol. The van der Waals surface area contributed by atoms with Gasteiger partial charge in [0, 0.05) is 32.0 Å². The molecule has 2 aromatic heterocycles. The summed E-state index contributed by atoms with van der Waals surface area (Å²) in [7, 11) is 0. The first kappa shape index (κ1) is 12.0. The molecule has 0 saturated heterocycles. The normalized spacial score (nSPS) is 14.5. The topological polar surface area (TPSA) is 56.0 Å². The summed E-state index contributed by atoms with van der Waals surface area (Å²) in [6, 6.07) is 1.80. The molecule has 1 amide bonds. The Labute approximate surface area is 111 Å². The van der Waals surface area contributed by atoms with E-state index in [2.05, 4.69) is 21.6 Å². The zero-order chi connectivity index (χ0) is 13.2. The van der Waals surface area contributed by atoms with Crippen LogP contribution >= 0.6 is 0 Å². The molecular weight excluding hydrogens is 242 g/mol. The second kappa shape index (κ2) is 4.87. The molecule has 0 N–H and O–H groups in total. The van der Waals surface area contributed by atoms with Crippen LogP contribution in [0.3, 0.4) is 0 Å². The quantitative estimate of drug-likeness (QED) is 0.830. The number of nitrogens with zero attached hydrogens (tertiary/aromatic N) is 5. The Morgan fingerprint density at radius 2 is 2.32 bits per heavy atom. The fourth-order valence-electron chi connectivity index (χ4n) is 2.42. The SMILES string of the molecule is CCCn1nccc1C(=O)N1CCn2cncc2C1. The summed E-state index contributed by atoms with van der Waals surface area (Å²) in [5.74, 6) is 0.0541. The number of aryl methyl sites for hydroxylation is 1. The monoisotopic (exact) mass is 259 g/mol. The standard InChI is InChI=1S/C13H17N5O/c1-2-5-18-12(3-4-15-18)13(19)16-6-7-17-10-14-8-11(17)9-16/h3-4,8,10H,2,5-7,9H2,1H3. The summed E-state index contributed by atoms with van der Waals surface area (Å²) in [5.41, 5.74) is 1.76. The van der Waals surface area contributed by atoms with Crippen molar-refractivity contribution in [3.8, 4) is 0 Å². The lowest BCUT2D eigenvalue weighted by atomic mass is 10.2. The lowest BCUT2D eigenvalue weighted by Crippen LogP contribution is -2.38. The van der Waals surface area contributed by atoms with Gasteiger partial charge in [0.2, 0.25) is 0 Å². The second-order valence-corrected chi connectivity index (χ2v) is 4.74. The van der Waals surface area contributed by atoms with E-state index in [1.165, 1.54) is 0 Å². The smallest absolute Gasteiger partial charge is 0.272 e. The zero-order valence-corrected chi connectivity index (χ0v) is 11.0. The number of amides is 1. The molecule has 0 unspecified atom stereocenters.